The molecule has 5 nitrogen and oxygen atoms in total. The first kappa shape index (κ1) is 20.4. The summed E-state index contributed by atoms with van der Waals surface area (Å²) in [6.07, 6.45) is 1.43. The molecule has 0 unspecified atom stereocenters. The van der Waals surface area contributed by atoms with Crippen LogP contribution in [0.2, 0.25) is 0 Å². The number of aromatic nitrogens is 2. The van der Waals surface area contributed by atoms with Gasteiger partial charge >= 0.3 is 6.18 Å². The molecule has 4 rings (SSSR count). The molecular formula is C21H27F3N4O. The molecule has 2 aromatic rings. The smallest absolute Gasteiger partial charge is 0.379 e. The number of ether oxygens (including phenoxy) is 1. The average molecular weight is 408 g/mol. The summed E-state index contributed by atoms with van der Waals surface area (Å²) in [7, 11) is 0. The number of nitrogens with zero attached hydrogens (tertiary/aromatic N) is 4. The summed E-state index contributed by atoms with van der Waals surface area (Å²) in [4.78, 5) is 4.95. The van der Waals surface area contributed by atoms with Gasteiger partial charge in [-0.05, 0) is 38.0 Å². The van der Waals surface area contributed by atoms with Crippen molar-refractivity contribution in [2.75, 3.05) is 39.4 Å². The summed E-state index contributed by atoms with van der Waals surface area (Å²) in [5.41, 5.74) is 0.996. The van der Waals surface area contributed by atoms with Crippen LogP contribution in [0, 0.1) is 0 Å². The van der Waals surface area contributed by atoms with Gasteiger partial charge in [-0.1, -0.05) is 6.07 Å². The highest BCUT2D eigenvalue weighted by molar-refractivity contribution is 5.36. The van der Waals surface area contributed by atoms with Crippen molar-refractivity contribution in [1.29, 1.82) is 0 Å². The second-order valence-corrected chi connectivity index (χ2v) is 8.21. The molecule has 0 saturated carbocycles. The predicted molar refractivity (Wildman–Crippen MR) is 104 cm³/mol. The third-order valence-electron chi connectivity index (χ3n) is 6.19. The van der Waals surface area contributed by atoms with Gasteiger partial charge in [0, 0.05) is 50.0 Å². The van der Waals surface area contributed by atoms with Gasteiger partial charge in [0.2, 0.25) is 0 Å². The van der Waals surface area contributed by atoms with Crippen LogP contribution in [0.4, 0.5) is 13.2 Å². The lowest BCUT2D eigenvalue weighted by molar-refractivity contribution is -0.137. The van der Waals surface area contributed by atoms with E-state index in [0.29, 0.717) is 5.69 Å². The van der Waals surface area contributed by atoms with E-state index in [2.05, 4.69) is 21.8 Å². The number of morpholine rings is 1. The fraction of sp³-hybridized carbons (Fsp3) is 0.571. The van der Waals surface area contributed by atoms with Crippen molar-refractivity contribution < 1.29 is 17.9 Å². The van der Waals surface area contributed by atoms with Crippen molar-refractivity contribution in [2.45, 2.75) is 38.0 Å². The molecule has 0 amide bonds. The molecular weight excluding hydrogens is 381 g/mol. The van der Waals surface area contributed by atoms with Gasteiger partial charge in [-0.2, -0.15) is 18.3 Å². The monoisotopic (exact) mass is 408 g/mol. The molecule has 8 heteroatoms. The van der Waals surface area contributed by atoms with E-state index in [1.54, 1.807) is 12.3 Å². The van der Waals surface area contributed by atoms with Gasteiger partial charge in [-0.15, -0.1) is 0 Å². The number of benzene rings is 1. The first-order valence-corrected chi connectivity index (χ1v) is 10.1. The van der Waals surface area contributed by atoms with Crippen LogP contribution in [-0.2, 0) is 17.5 Å². The molecule has 1 aromatic carbocycles. The summed E-state index contributed by atoms with van der Waals surface area (Å²) in [6, 6.07) is 5.26. The number of halogens is 3. The van der Waals surface area contributed by atoms with Gasteiger partial charge in [0.05, 0.1) is 30.7 Å². The Labute approximate surface area is 169 Å². The minimum atomic E-state index is -4.35. The van der Waals surface area contributed by atoms with Crippen LogP contribution < -0.4 is 0 Å². The second kappa shape index (κ2) is 8.08. The number of likely N-dealkylation sites (tertiary alicyclic amines) is 1. The first-order chi connectivity index (χ1) is 13.8. The molecule has 0 N–H and O–H groups in total. The Hall–Kier alpha value is -1.90. The van der Waals surface area contributed by atoms with Crippen LogP contribution in [0.25, 0.3) is 5.69 Å². The van der Waals surface area contributed by atoms with Crippen LogP contribution in [-0.4, -0.2) is 64.5 Å². The van der Waals surface area contributed by atoms with Crippen molar-refractivity contribution >= 4 is 0 Å². The first-order valence-electron chi connectivity index (χ1n) is 10.1. The standard InChI is InChI=1S/C21H27F3N4O/c1-20(27-9-11-29-12-10-27)5-7-26(8-6-20)15-17-14-25-28(16-17)19-4-2-3-18(13-19)21(22,23)24/h2-4,13-14,16H,5-12,15H2,1H3. The lowest BCUT2D eigenvalue weighted by Crippen LogP contribution is -2.56. The number of hydrogen-bond donors (Lipinski definition) is 0. The molecule has 1 aromatic heterocycles. The van der Waals surface area contributed by atoms with Crippen molar-refractivity contribution in [3.8, 4) is 5.69 Å². The van der Waals surface area contributed by atoms with Crippen molar-refractivity contribution in [2.24, 2.45) is 0 Å². The average Bonchev–Trinajstić information content (AvgIpc) is 3.19. The predicted octanol–water partition coefficient (Wildman–Crippen LogP) is 3.58. The van der Waals surface area contributed by atoms with Crippen LogP contribution in [0.15, 0.2) is 36.7 Å². The maximum atomic E-state index is 12.9. The summed E-state index contributed by atoms with van der Waals surface area (Å²) < 4.78 is 45.8. The van der Waals surface area contributed by atoms with E-state index in [4.69, 9.17) is 4.74 Å². The van der Waals surface area contributed by atoms with Crippen molar-refractivity contribution in [3.63, 3.8) is 0 Å². The summed E-state index contributed by atoms with van der Waals surface area (Å²) in [5, 5.41) is 4.28. The Morgan fingerprint density at radius 2 is 1.83 bits per heavy atom. The molecule has 2 saturated heterocycles. The van der Waals surface area contributed by atoms with E-state index in [1.165, 1.54) is 10.7 Å². The van der Waals surface area contributed by atoms with Crippen LogP contribution in [0.3, 0.4) is 0 Å². The summed E-state index contributed by atoms with van der Waals surface area (Å²) in [6.45, 7) is 8.74. The minimum Gasteiger partial charge on any atom is -0.379 e. The molecule has 158 valence electrons. The second-order valence-electron chi connectivity index (χ2n) is 8.21. The molecule has 2 aliphatic rings. The normalized spacial score (nSPS) is 21.4. The zero-order valence-electron chi connectivity index (χ0n) is 16.7. The molecule has 2 aliphatic heterocycles. The minimum absolute atomic E-state index is 0.225. The maximum Gasteiger partial charge on any atom is 0.416 e. The quantitative estimate of drug-likeness (QED) is 0.775. The van der Waals surface area contributed by atoms with Gasteiger partial charge in [0.25, 0.3) is 0 Å². The Morgan fingerprint density at radius 3 is 2.52 bits per heavy atom. The topological polar surface area (TPSA) is 33.5 Å². The van der Waals surface area contributed by atoms with E-state index >= 15 is 0 Å². The van der Waals surface area contributed by atoms with Crippen molar-refractivity contribution in [3.05, 3.63) is 47.8 Å². The SMILES string of the molecule is CC1(N2CCOCC2)CCN(Cc2cnn(-c3cccc(C(F)(F)F)c3)c2)CC1. The van der Waals surface area contributed by atoms with Gasteiger partial charge in [-0.25, -0.2) is 4.68 Å². The molecule has 0 bridgehead atoms. The van der Waals surface area contributed by atoms with E-state index < -0.39 is 11.7 Å². The highest BCUT2D eigenvalue weighted by atomic mass is 19.4. The van der Waals surface area contributed by atoms with E-state index in [9.17, 15) is 13.2 Å². The fourth-order valence-corrected chi connectivity index (χ4v) is 4.28. The molecule has 0 radical (unpaired) electrons. The van der Waals surface area contributed by atoms with Gasteiger partial charge < -0.3 is 4.74 Å². The number of alkyl halides is 3. The van der Waals surface area contributed by atoms with Gasteiger partial charge in [-0.3, -0.25) is 9.80 Å². The number of piperidine rings is 1. The maximum absolute atomic E-state index is 12.9. The summed E-state index contributed by atoms with van der Waals surface area (Å²) >= 11 is 0. The van der Waals surface area contributed by atoms with Gasteiger partial charge in [0.1, 0.15) is 0 Å². The Bertz CT molecular complexity index is 821. The molecule has 0 aliphatic carbocycles. The molecule has 0 atom stereocenters. The molecule has 29 heavy (non-hydrogen) atoms. The largest absolute Gasteiger partial charge is 0.416 e. The molecule has 2 fully saturated rings. The summed E-state index contributed by atoms with van der Waals surface area (Å²) in [5.74, 6) is 0. The highest BCUT2D eigenvalue weighted by Gasteiger charge is 2.36. The van der Waals surface area contributed by atoms with Crippen LogP contribution in [0.5, 0.6) is 0 Å². The number of rotatable bonds is 4. The zero-order valence-corrected chi connectivity index (χ0v) is 16.7. The van der Waals surface area contributed by atoms with Crippen LogP contribution >= 0.6 is 0 Å². The van der Waals surface area contributed by atoms with Crippen LogP contribution in [0.1, 0.15) is 30.9 Å². The Kier molecular flexibility index (Phi) is 5.68. The Balaban J connectivity index is 1.37. The highest BCUT2D eigenvalue weighted by Crippen LogP contribution is 2.31. The molecule has 0 spiro atoms. The number of hydrogen-bond acceptors (Lipinski definition) is 4. The van der Waals surface area contributed by atoms with E-state index in [1.807, 2.05) is 6.20 Å². The zero-order chi connectivity index (χ0) is 20.5. The Morgan fingerprint density at radius 1 is 1.10 bits per heavy atom. The molecule has 3 heterocycles. The van der Waals surface area contributed by atoms with E-state index in [0.717, 1.165) is 76.5 Å². The fourth-order valence-electron chi connectivity index (χ4n) is 4.28. The lowest BCUT2D eigenvalue weighted by Gasteiger charge is -2.48. The third kappa shape index (κ3) is 4.65. The van der Waals surface area contributed by atoms with Crippen molar-refractivity contribution in [1.82, 2.24) is 19.6 Å². The third-order valence-corrected chi connectivity index (χ3v) is 6.19. The van der Waals surface area contributed by atoms with Gasteiger partial charge in [0.15, 0.2) is 0 Å². The van der Waals surface area contributed by atoms with E-state index in [-0.39, 0.29) is 5.54 Å². The lowest BCUT2D eigenvalue weighted by atomic mass is 9.87.